The van der Waals surface area contributed by atoms with Crippen molar-refractivity contribution in [3.05, 3.63) is 12.3 Å². The summed E-state index contributed by atoms with van der Waals surface area (Å²) >= 11 is 0. The van der Waals surface area contributed by atoms with Crippen LogP contribution in [0.3, 0.4) is 0 Å². The predicted molar refractivity (Wildman–Crippen MR) is 51.3 cm³/mol. The molecule has 0 saturated carbocycles. The molecule has 12 heavy (non-hydrogen) atoms. The van der Waals surface area contributed by atoms with E-state index in [0.29, 0.717) is 0 Å². The number of hydrazine groups is 1. The van der Waals surface area contributed by atoms with E-state index in [1.165, 1.54) is 25.9 Å². The molecule has 1 aliphatic rings. The standard InChI is InChI=1S/C9H19N3/c1-12(10)7-3-5-9-4-2-6-11-8-9/h3,7,9,11H,2,4-6,8,10H2,1H3/b7-3-. The van der Waals surface area contributed by atoms with Crippen LogP contribution in [0.4, 0.5) is 0 Å². The fourth-order valence-corrected chi connectivity index (χ4v) is 1.54. The second-order valence-electron chi connectivity index (χ2n) is 3.50. The first kappa shape index (κ1) is 9.55. The maximum absolute atomic E-state index is 5.44. The van der Waals surface area contributed by atoms with E-state index >= 15 is 0 Å². The zero-order chi connectivity index (χ0) is 8.81. The molecular weight excluding hydrogens is 150 g/mol. The lowest BCUT2D eigenvalue weighted by atomic mass is 9.96. The highest BCUT2D eigenvalue weighted by Crippen LogP contribution is 2.13. The largest absolute Gasteiger partial charge is 0.322 e. The van der Waals surface area contributed by atoms with Gasteiger partial charge < -0.3 is 10.3 Å². The number of nitrogens with two attached hydrogens (primary N) is 1. The molecule has 3 nitrogen and oxygen atoms in total. The van der Waals surface area contributed by atoms with Crippen molar-refractivity contribution in [1.82, 2.24) is 10.3 Å². The maximum atomic E-state index is 5.44. The Morgan fingerprint density at radius 2 is 2.50 bits per heavy atom. The summed E-state index contributed by atoms with van der Waals surface area (Å²) in [6.07, 6.45) is 7.89. The van der Waals surface area contributed by atoms with Gasteiger partial charge in [0.2, 0.25) is 0 Å². The molecule has 0 aromatic rings. The number of nitrogens with one attached hydrogen (secondary N) is 1. The SMILES string of the molecule is CN(N)/C=C\CC1CCCNC1. The van der Waals surface area contributed by atoms with E-state index in [1.54, 1.807) is 5.01 Å². The van der Waals surface area contributed by atoms with Crippen LogP contribution in [0.5, 0.6) is 0 Å². The van der Waals surface area contributed by atoms with Gasteiger partial charge in [-0.15, -0.1) is 0 Å². The molecule has 1 saturated heterocycles. The molecule has 3 heteroatoms. The third-order valence-corrected chi connectivity index (χ3v) is 2.21. The third kappa shape index (κ3) is 3.74. The lowest BCUT2D eigenvalue weighted by Crippen LogP contribution is -2.29. The highest BCUT2D eigenvalue weighted by molar-refractivity contribution is 4.83. The van der Waals surface area contributed by atoms with Crippen molar-refractivity contribution < 1.29 is 0 Å². The summed E-state index contributed by atoms with van der Waals surface area (Å²) in [5, 5.41) is 4.99. The predicted octanol–water partition coefficient (Wildman–Crippen LogP) is 0.695. The van der Waals surface area contributed by atoms with Gasteiger partial charge >= 0.3 is 0 Å². The second-order valence-corrected chi connectivity index (χ2v) is 3.50. The van der Waals surface area contributed by atoms with Crippen LogP contribution in [0.25, 0.3) is 0 Å². The normalized spacial score (nSPS) is 24.7. The van der Waals surface area contributed by atoms with Gasteiger partial charge in [0.05, 0.1) is 0 Å². The molecule has 0 aromatic heterocycles. The first-order valence-corrected chi connectivity index (χ1v) is 4.64. The van der Waals surface area contributed by atoms with Crippen LogP contribution in [0, 0.1) is 5.92 Å². The van der Waals surface area contributed by atoms with E-state index in [1.807, 2.05) is 13.2 Å². The number of hydrogen-bond donors (Lipinski definition) is 2. The van der Waals surface area contributed by atoms with Crippen molar-refractivity contribution in [3.8, 4) is 0 Å². The van der Waals surface area contributed by atoms with Crippen molar-refractivity contribution in [2.24, 2.45) is 11.8 Å². The smallest absolute Gasteiger partial charge is 0.0222 e. The van der Waals surface area contributed by atoms with Gasteiger partial charge in [-0.2, -0.15) is 0 Å². The first-order valence-electron chi connectivity index (χ1n) is 4.64. The number of piperidine rings is 1. The highest BCUT2D eigenvalue weighted by atomic mass is 15.4. The maximum Gasteiger partial charge on any atom is 0.0222 e. The van der Waals surface area contributed by atoms with E-state index in [0.717, 1.165) is 12.3 Å². The molecule has 0 radical (unpaired) electrons. The molecule has 0 bridgehead atoms. The fourth-order valence-electron chi connectivity index (χ4n) is 1.54. The van der Waals surface area contributed by atoms with Gasteiger partial charge in [0.1, 0.15) is 0 Å². The quantitative estimate of drug-likeness (QED) is 0.482. The fraction of sp³-hybridized carbons (Fsp3) is 0.778. The topological polar surface area (TPSA) is 41.3 Å². The molecule has 0 aliphatic carbocycles. The van der Waals surface area contributed by atoms with Crippen molar-refractivity contribution in [2.75, 3.05) is 20.1 Å². The second kappa shape index (κ2) is 5.17. The minimum atomic E-state index is 0.815. The Kier molecular flexibility index (Phi) is 4.11. The van der Waals surface area contributed by atoms with Crippen molar-refractivity contribution in [3.63, 3.8) is 0 Å². The van der Waals surface area contributed by atoms with Crippen LogP contribution in [-0.2, 0) is 0 Å². The summed E-state index contributed by atoms with van der Waals surface area (Å²) in [6.45, 7) is 2.36. The molecule has 3 N–H and O–H groups in total. The minimum Gasteiger partial charge on any atom is -0.322 e. The molecule has 1 aliphatic heterocycles. The van der Waals surface area contributed by atoms with Crippen LogP contribution < -0.4 is 11.2 Å². The molecule has 0 aromatic carbocycles. The van der Waals surface area contributed by atoms with Gasteiger partial charge in [-0.3, -0.25) is 0 Å². The summed E-state index contributed by atoms with van der Waals surface area (Å²) in [6, 6.07) is 0. The summed E-state index contributed by atoms with van der Waals surface area (Å²) in [4.78, 5) is 0. The molecule has 0 spiro atoms. The lowest BCUT2D eigenvalue weighted by Gasteiger charge is -2.21. The van der Waals surface area contributed by atoms with Crippen molar-refractivity contribution in [2.45, 2.75) is 19.3 Å². The molecule has 1 atom stereocenters. The van der Waals surface area contributed by atoms with Gasteiger partial charge in [-0.05, 0) is 38.3 Å². The average Bonchev–Trinajstić information content (AvgIpc) is 2.05. The van der Waals surface area contributed by atoms with Crippen LogP contribution in [0.2, 0.25) is 0 Å². The molecule has 0 amide bonds. The first-order chi connectivity index (χ1) is 5.79. The van der Waals surface area contributed by atoms with Crippen molar-refractivity contribution in [1.29, 1.82) is 0 Å². The summed E-state index contributed by atoms with van der Waals surface area (Å²) in [5.41, 5.74) is 0. The summed E-state index contributed by atoms with van der Waals surface area (Å²) in [5.74, 6) is 6.25. The Balaban J connectivity index is 2.12. The average molecular weight is 169 g/mol. The molecule has 1 heterocycles. The van der Waals surface area contributed by atoms with E-state index < -0.39 is 0 Å². The number of allylic oxidation sites excluding steroid dienone is 1. The molecule has 1 fully saturated rings. The van der Waals surface area contributed by atoms with Gasteiger partial charge in [0.15, 0.2) is 0 Å². The monoisotopic (exact) mass is 169 g/mol. The van der Waals surface area contributed by atoms with E-state index in [4.69, 9.17) is 5.84 Å². The zero-order valence-corrected chi connectivity index (χ0v) is 7.79. The summed E-state index contributed by atoms with van der Waals surface area (Å²) < 4.78 is 0. The van der Waals surface area contributed by atoms with Crippen LogP contribution >= 0.6 is 0 Å². The van der Waals surface area contributed by atoms with Gasteiger partial charge in [-0.25, -0.2) is 5.84 Å². The van der Waals surface area contributed by atoms with Crippen LogP contribution in [0.1, 0.15) is 19.3 Å². The van der Waals surface area contributed by atoms with Crippen LogP contribution in [-0.4, -0.2) is 25.1 Å². The zero-order valence-electron chi connectivity index (χ0n) is 7.79. The Morgan fingerprint density at radius 3 is 3.08 bits per heavy atom. The number of nitrogens with zero attached hydrogens (tertiary/aromatic N) is 1. The van der Waals surface area contributed by atoms with Gasteiger partial charge in [0, 0.05) is 13.2 Å². The molecule has 70 valence electrons. The minimum absolute atomic E-state index is 0.815. The van der Waals surface area contributed by atoms with Gasteiger partial charge in [0.25, 0.3) is 0 Å². The Hall–Kier alpha value is -0.540. The number of hydrogen-bond acceptors (Lipinski definition) is 3. The Morgan fingerprint density at radius 1 is 1.67 bits per heavy atom. The van der Waals surface area contributed by atoms with E-state index in [-0.39, 0.29) is 0 Å². The van der Waals surface area contributed by atoms with E-state index in [9.17, 15) is 0 Å². The molecular formula is C9H19N3. The van der Waals surface area contributed by atoms with Gasteiger partial charge in [-0.1, -0.05) is 6.08 Å². The third-order valence-electron chi connectivity index (χ3n) is 2.21. The Bertz CT molecular complexity index is 137. The number of rotatable bonds is 3. The molecule has 1 unspecified atom stereocenters. The Labute approximate surface area is 74.6 Å². The lowest BCUT2D eigenvalue weighted by molar-refractivity contribution is 0.378. The van der Waals surface area contributed by atoms with E-state index in [2.05, 4.69) is 11.4 Å². The highest BCUT2D eigenvalue weighted by Gasteiger charge is 2.10. The summed E-state index contributed by atoms with van der Waals surface area (Å²) in [7, 11) is 1.84. The van der Waals surface area contributed by atoms with Crippen molar-refractivity contribution >= 4 is 0 Å². The van der Waals surface area contributed by atoms with Crippen LogP contribution in [0.15, 0.2) is 12.3 Å². The molecule has 1 rings (SSSR count).